The molecule has 7 nitrogen and oxygen atoms in total. The van der Waals surface area contributed by atoms with E-state index >= 15 is 0 Å². The summed E-state index contributed by atoms with van der Waals surface area (Å²) < 4.78 is 11.0. The number of rotatable bonds is 5. The lowest BCUT2D eigenvalue weighted by Gasteiger charge is -2.41. The van der Waals surface area contributed by atoms with Crippen molar-refractivity contribution in [1.82, 2.24) is 15.1 Å². The van der Waals surface area contributed by atoms with Gasteiger partial charge < -0.3 is 9.47 Å². The Bertz CT molecular complexity index is 608. The summed E-state index contributed by atoms with van der Waals surface area (Å²) in [6.07, 6.45) is 5.19. The van der Waals surface area contributed by atoms with Gasteiger partial charge >= 0.3 is 0 Å². The smallest absolute Gasteiger partial charge is 0.240 e. The zero-order valence-electron chi connectivity index (χ0n) is 14.2. The highest BCUT2D eigenvalue weighted by atomic mass is 32.1. The van der Waals surface area contributed by atoms with Crippen LogP contribution in [0.1, 0.15) is 31.2 Å². The second kappa shape index (κ2) is 7.69. The number of carbonyl (C=O) groups excluding carboxylic acids is 1. The Kier molecular flexibility index (Phi) is 5.60. The molecule has 0 radical (unpaired) electrons. The third-order valence-electron chi connectivity index (χ3n) is 4.45. The van der Waals surface area contributed by atoms with Crippen molar-refractivity contribution < 1.29 is 14.3 Å². The highest BCUT2D eigenvalue weighted by molar-refractivity contribution is 7.15. The maximum absolute atomic E-state index is 12.2. The average Bonchev–Trinajstić information content (AvgIpc) is 2.97. The summed E-state index contributed by atoms with van der Waals surface area (Å²) in [5.74, 6) is -0.0534. The molecule has 1 N–H and O–H groups in total. The fraction of sp³-hybridized carbons (Fsp3) is 0.688. The number of hydrogen-bond donors (Lipinski definition) is 1. The van der Waals surface area contributed by atoms with Crippen LogP contribution in [0.25, 0.3) is 0 Å². The number of aromatic nitrogens is 2. The Labute approximate surface area is 146 Å². The second-order valence-electron chi connectivity index (χ2n) is 6.41. The first-order valence-corrected chi connectivity index (χ1v) is 9.06. The number of hydrogen-bond acceptors (Lipinski definition) is 7. The van der Waals surface area contributed by atoms with E-state index in [2.05, 4.69) is 33.4 Å². The number of piperidine rings is 1. The minimum Gasteiger partial charge on any atom is -0.377 e. The maximum atomic E-state index is 12.2. The molecule has 0 aromatic carbocycles. The van der Waals surface area contributed by atoms with Crippen molar-refractivity contribution >= 4 is 22.4 Å². The lowest BCUT2D eigenvalue weighted by atomic mass is 9.87. The molecule has 1 spiro atoms. The van der Waals surface area contributed by atoms with Gasteiger partial charge in [0.1, 0.15) is 11.6 Å². The van der Waals surface area contributed by atoms with Crippen molar-refractivity contribution in [2.45, 2.75) is 38.4 Å². The third kappa shape index (κ3) is 4.38. The van der Waals surface area contributed by atoms with Gasteiger partial charge in [0.15, 0.2) is 0 Å². The standard InChI is InChI=1S/C16H24N4O3S/c1-12-3-8-23-16(9-12)4-6-20(7-5-16)10-13(21)17-15-19-18-14(24-15)11-22-2/h9H,3-8,10-11H2,1-2H3,(H,17,19,21). The summed E-state index contributed by atoms with van der Waals surface area (Å²) in [6.45, 7) is 5.49. The lowest BCUT2D eigenvalue weighted by molar-refractivity contribution is -0.119. The molecule has 132 valence electrons. The normalized spacial score (nSPS) is 20.8. The van der Waals surface area contributed by atoms with E-state index in [0.717, 1.165) is 44.0 Å². The van der Waals surface area contributed by atoms with Crippen LogP contribution >= 0.6 is 11.3 Å². The first-order chi connectivity index (χ1) is 11.6. The van der Waals surface area contributed by atoms with Crippen LogP contribution in [0.4, 0.5) is 5.13 Å². The Morgan fingerprint density at radius 2 is 2.25 bits per heavy atom. The molecule has 24 heavy (non-hydrogen) atoms. The number of carbonyl (C=O) groups is 1. The molecular weight excluding hydrogens is 328 g/mol. The predicted octanol–water partition coefficient (Wildman–Crippen LogP) is 1.82. The van der Waals surface area contributed by atoms with Gasteiger partial charge in [0.2, 0.25) is 11.0 Å². The molecule has 2 aliphatic heterocycles. The highest BCUT2D eigenvalue weighted by Gasteiger charge is 2.35. The summed E-state index contributed by atoms with van der Waals surface area (Å²) >= 11 is 1.34. The Morgan fingerprint density at radius 3 is 2.96 bits per heavy atom. The van der Waals surface area contributed by atoms with Gasteiger partial charge in [-0.05, 0) is 26.2 Å². The molecule has 0 aliphatic carbocycles. The molecule has 0 unspecified atom stereocenters. The summed E-state index contributed by atoms with van der Waals surface area (Å²) in [4.78, 5) is 14.3. The molecule has 1 aromatic heterocycles. The van der Waals surface area contributed by atoms with Crippen LogP contribution in [0.5, 0.6) is 0 Å². The Hall–Kier alpha value is -1.35. The Balaban J connectivity index is 1.47. The number of nitrogens with zero attached hydrogens (tertiary/aromatic N) is 3. The van der Waals surface area contributed by atoms with Crippen molar-refractivity contribution in [2.75, 3.05) is 38.7 Å². The van der Waals surface area contributed by atoms with E-state index < -0.39 is 0 Å². The van der Waals surface area contributed by atoms with E-state index in [-0.39, 0.29) is 11.5 Å². The summed E-state index contributed by atoms with van der Waals surface area (Å²) in [5.41, 5.74) is 1.31. The molecule has 1 fully saturated rings. The quantitative estimate of drug-likeness (QED) is 0.815. The molecule has 1 amide bonds. The van der Waals surface area contributed by atoms with Crippen LogP contribution in [0, 0.1) is 0 Å². The highest BCUT2D eigenvalue weighted by Crippen LogP contribution is 2.32. The van der Waals surface area contributed by atoms with Gasteiger partial charge in [-0.1, -0.05) is 23.0 Å². The molecule has 0 saturated carbocycles. The summed E-state index contributed by atoms with van der Waals surface area (Å²) in [6, 6.07) is 0. The van der Waals surface area contributed by atoms with Crippen LogP contribution in [0.3, 0.4) is 0 Å². The molecule has 0 bridgehead atoms. The fourth-order valence-corrected chi connectivity index (χ4v) is 3.93. The van der Waals surface area contributed by atoms with Crippen LogP contribution in [-0.4, -0.2) is 60.0 Å². The topological polar surface area (TPSA) is 76.6 Å². The number of amides is 1. The number of nitrogens with one attached hydrogen (secondary N) is 1. The molecular formula is C16H24N4O3S. The molecule has 1 aromatic rings. The van der Waals surface area contributed by atoms with Crippen LogP contribution in [0.2, 0.25) is 0 Å². The predicted molar refractivity (Wildman–Crippen MR) is 92.0 cm³/mol. The van der Waals surface area contributed by atoms with E-state index in [9.17, 15) is 4.79 Å². The molecule has 8 heteroatoms. The van der Waals surface area contributed by atoms with Crippen molar-refractivity contribution in [3.63, 3.8) is 0 Å². The van der Waals surface area contributed by atoms with Gasteiger partial charge in [-0.3, -0.25) is 15.0 Å². The molecule has 0 atom stereocenters. The van der Waals surface area contributed by atoms with Gasteiger partial charge in [0.05, 0.1) is 18.8 Å². The summed E-state index contributed by atoms with van der Waals surface area (Å²) in [7, 11) is 1.61. The number of anilines is 1. The minimum absolute atomic E-state index is 0.0534. The van der Waals surface area contributed by atoms with Crippen molar-refractivity contribution in [3.8, 4) is 0 Å². The van der Waals surface area contributed by atoms with Crippen LogP contribution in [0.15, 0.2) is 11.6 Å². The van der Waals surface area contributed by atoms with Crippen molar-refractivity contribution in [2.24, 2.45) is 0 Å². The average molecular weight is 352 g/mol. The third-order valence-corrected chi connectivity index (χ3v) is 5.26. The van der Waals surface area contributed by atoms with E-state index in [1.807, 2.05) is 0 Å². The van der Waals surface area contributed by atoms with Gasteiger partial charge in [-0.2, -0.15) is 0 Å². The van der Waals surface area contributed by atoms with Gasteiger partial charge in [0, 0.05) is 20.2 Å². The van der Waals surface area contributed by atoms with Crippen molar-refractivity contribution in [1.29, 1.82) is 0 Å². The molecule has 1 saturated heterocycles. The van der Waals surface area contributed by atoms with E-state index in [1.54, 1.807) is 7.11 Å². The van der Waals surface area contributed by atoms with E-state index in [1.165, 1.54) is 16.9 Å². The fourth-order valence-electron chi connectivity index (χ4n) is 3.20. The number of ether oxygens (including phenoxy) is 2. The van der Waals surface area contributed by atoms with E-state index in [4.69, 9.17) is 9.47 Å². The zero-order valence-corrected chi connectivity index (χ0v) is 15.0. The number of likely N-dealkylation sites (tertiary alicyclic amines) is 1. The first-order valence-electron chi connectivity index (χ1n) is 8.24. The van der Waals surface area contributed by atoms with E-state index in [0.29, 0.717) is 18.3 Å². The molecule has 3 rings (SSSR count). The van der Waals surface area contributed by atoms with Gasteiger partial charge in [-0.25, -0.2) is 0 Å². The minimum atomic E-state index is -0.108. The number of methoxy groups -OCH3 is 1. The van der Waals surface area contributed by atoms with Gasteiger partial charge in [-0.15, -0.1) is 10.2 Å². The van der Waals surface area contributed by atoms with Gasteiger partial charge in [0.25, 0.3) is 0 Å². The molecule has 2 aliphatic rings. The SMILES string of the molecule is COCc1nnc(NC(=O)CN2CCC3(C=C(C)CCO3)CC2)s1. The van der Waals surface area contributed by atoms with Crippen LogP contribution < -0.4 is 5.32 Å². The Morgan fingerprint density at radius 1 is 1.46 bits per heavy atom. The zero-order chi connectivity index (χ0) is 17.0. The monoisotopic (exact) mass is 352 g/mol. The lowest BCUT2D eigenvalue weighted by Crippen LogP contribution is -2.48. The second-order valence-corrected chi connectivity index (χ2v) is 7.47. The maximum Gasteiger partial charge on any atom is 0.240 e. The molecule has 3 heterocycles. The first kappa shape index (κ1) is 17.5. The van der Waals surface area contributed by atoms with Crippen LogP contribution in [-0.2, 0) is 20.9 Å². The van der Waals surface area contributed by atoms with Crippen molar-refractivity contribution in [3.05, 3.63) is 16.7 Å². The summed E-state index contributed by atoms with van der Waals surface area (Å²) in [5, 5.41) is 12.0. The largest absolute Gasteiger partial charge is 0.377 e.